The molecular formula is C25H25N3O9S2. The van der Waals surface area contributed by atoms with Gasteiger partial charge in [-0.2, -0.15) is 0 Å². The lowest BCUT2D eigenvalue weighted by atomic mass is 9.95. The van der Waals surface area contributed by atoms with Crippen LogP contribution in [-0.2, 0) is 27.2 Å². The number of nitro benzene ring substituents is 1. The molecule has 0 atom stereocenters. The molecule has 0 radical (unpaired) electrons. The number of nitrogens with one attached hydrogen (secondary N) is 1. The van der Waals surface area contributed by atoms with Crippen LogP contribution in [0.2, 0.25) is 0 Å². The number of amides is 3. The molecule has 39 heavy (non-hydrogen) atoms. The summed E-state index contributed by atoms with van der Waals surface area (Å²) in [6.07, 6.45) is 4.59. The summed E-state index contributed by atoms with van der Waals surface area (Å²) < 4.78 is 15.5. The number of carbonyl (C=O) groups excluding carboxylic acids is 4. The number of aryl methyl sites for hydroxylation is 1. The van der Waals surface area contributed by atoms with Crippen molar-refractivity contribution in [3.63, 3.8) is 0 Å². The first-order valence-corrected chi connectivity index (χ1v) is 13.6. The third-order valence-electron chi connectivity index (χ3n) is 6.10. The summed E-state index contributed by atoms with van der Waals surface area (Å²) >= 11 is 1.85. The van der Waals surface area contributed by atoms with Crippen molar-refractivity contribution in [1.82, 2.24) is 4.90 Å². The lowest BCUT2D eigenvalue weighted by molar-refractivity contribution is -0.385. The smallest absolute Gasteiger partial charge is 0.341 e. The van der Waals surface area contributed by atoms with E-state index >= 15 is 0 Å². The number of rotatable bonds is 9. The quantitative estimate of drug-likeness (QED) is 0.197. The van der Waals surface area contributed by atoms with Crippen LogP contribution in [0.25, 0.3) is 6.08 Å². The fourth-order valence-electron chi connectivity index (χ4n) is 4.32. The number of nitrogens with zero attached hydrogens (tertiary/aromatic N) is 2. The van der Waals surface area contributed by atoms with Gasteiger partial charge in [-0.05, 0) is 62.1 Å². The Kier molecular flexibility index (Phi) is 8.55. The summed E-state index contributed by atoms with van der Waals surface area (Å²) in [4.78, 5) is 63.8. The number of thioether (sulfide) groups is 1. The standard InChI is InChI=1S/C25H25N3O9S2/c1-4-37-24(31)21-14-7-5-6-8-18(14)38-22(21)26-20(29)12-27-23(30)19(39-25(27)32)10-13-9-16(35-2)17(36-3)11-15(13)28(33)34/h9-11H,4-8,12H2,1-3H3,(H,26,29)/b19-10+. The maximum Gasteiger partial charge on any atom is 0.341 e. The van der Waals surface area contributed by atoms with Gasteiger partial charge in [-0.15, -0.1) is 11.3 Å². The average Bonchev–Trinajstić information content (AvgIpc) is 3.39. The number of anilines is 1. The van der Waals surface area contributed by atoms with E-state index in [1.807, 2.05) is 0 Å². The van der Waals surface area contributed by atoms with Gasteiger partial charge in [0.1, 0.15) is 11.5 Å². The summed E-state index contributed by atoms with van der Waals surface area (Å²) in [6, 6.07) is 2.48. The van der Waals surface area contributed by atoms with Crippen LogP contribution in [0.15, 0.2) is 17.0 Å². The summed E-state index contributed by atoms with van der Waals surface area (Å²) in [5, 5.41) is 13.9. The molecule has 0 saturated carbocycles. The van der Waals surface area contributed by atoms with Crippen LogP contribution in [0.1, 0.15) is 46.1 Å². The summed E-state index contributed by atoms with van der Waals surface area (Å²) in [6.45, 7) is 1.28. The van der Waals surface area contributed by atoms with Gasteiger partial charge in [0.25, 0.3) is 16.8 Å². The maximum atomic E-state index is 13.0. The zero-order chi connectivity index (χ0) is 28.3. The van der Waals surface area contributed by atoms with Gasteiger partial charge in [0.15, 0.2) is 11.5 Å². The molecule has 0 bridgehead atoms. The van der Waals surface area contributed by atoms with E-state index < -0.39 is 34.5 Å². The molecule has 0 spiro atoms. The molecule has 1 aliphatic carbocycles. The first-order valence-electron chi connectivity index (χ1n) is 12.0. The zero-order valence-electron chi connectivity index (χ0n) is 21.4. The zero-order valence-corrected chi connectivity index (χ0v) is 23.0. The van der Waals surface area contributed by atoms with Crippen LogP contribution in [0.3, 0.4) is 0 Å². The van der Waals surface area contributed by atoms with Crippen molar-refractivity contribution in [3.05, 3.63) is 48.7 Å². The van der Waals surface area contributed by atoms with Crippen molar-refractivity contribution >= 4 is 62.9 Å². The number of fused-ring (bicyclic) bond motifs is 1. The molecule has 12 nitrogen and oxygen atoms in total. The molecule has 14 heteroatoms. The van der Waals surface area contributed by atoms with Crippen LogP contribution >= 0.6 is 23.1 Å². The summed E-state index contributed by atoms with van der Waals surface area (Å²) in [7, 11) is 2.69. The Balaban J connectivity index is 1.56. The van der Waals surface area contributed by atoms with Gasteiger partial charge < -0.3 is 19.5 Å². The largest absolute Gasteiger partial charge is 0.493 e. The second-order valence-electron chi connectivity index (χ2n) is 8.47. The normalized spacial score (nSPS) is 15.8. The van der Waals surface area contributed by atoms with Crippen molar-refractivity contribution in [2.24, 2.45) is 0 Å². The number of methoxy groups -OCH3 is 2. The molecule has 2 aromatic rings. The van der Waals surface area contributed by atoms with Gasteiger partial charge in [-0.1, -0.05) is 0 Å². The third-order valence-corrected chi connectivity index (χ3v) is 8.21. The van der Waals surface area contributed by atoms with E-state index in [1.165, 1.54) is 37.7 Å². The molecule has 2 aliphatic rings. The SMILES string of the molecule is CCOC(=O)c1c(NC(=O)CN2C(=O)S/C(=C/c3cc(OC)c(OC)cc3[N+](=O)[O-])C2=O)sc2c1CCCC2. The highest BCUT2D eigenvalue weighted by Crippen LogP contribution is 2.40. The van der Waals surface area contributed by atoms with Gasteiger partial charge >= 0.3 is 5.97 Å². The van der Waals surface area contributed by atoms with E-state index in [4.69, 9.17) is 14.2 Å². The Morgan fingerprint density at radius 2 is 1.85 bits per heavy atom. The number of hydrogen-bond acceptors (Lipinski definition) is 11. The molecule has 1 aromatic carbocycles. The number of benzene rings is 1. The molecule has 1 fully saturated rings. The first kappa shape index (κ1) is 28.1. The molecule has 1 aromatic heterocycles. The van der Waals surface area contributed by atoms with Crippen molar-refractivity contribution in [1.29, 1.82) is 0 Å². The molecule has 206 valence electrons. The monoisotopic (exact) mass is 575 g/mol. The summed E-state index contributed by atoms with van der Waals surface area (Å²) in [5.74, 6) is -1.65. The van der Waals surface area contributed by atoms with E-state index in [2.05, 4.69) is 5.32 Å². The number of nitro groups is 1. The van der Waals surface area contributed by atoms with Crippen molar-refractivity contribution in [2.75, 3.05) is 32.7 Å². The van der Waals surface area contributed by atoms with Gasteiger partial charge in [0.05, 0.1) is 47.8 Å². The predicted octanol–water partition coefficient (Wildman–Crippen LogP) is 4.40. The molecule has 2 heterocycles. The second kappa shape index (κ2) is 11.9. The molecule has 1 N–H and O–H groups in total. The fourth-order valence-corrected chi connectivity index (χ4v) is 6.44. The Labute approximate surface area is 231 Å². The molecule has 1 saturated heterocycles. The van der Waals surface area contributed by atoms with E-state index in [0.29, 0.717) is 28.7 Å². The van der Waals surface area contributed by atoms with Crippen molar-refractivity contribution in [2.45, 2.75) is 32.6 Å². The van der Waals surface area contributed by atoms with E-state index in [0.717, 1.165) is 40.7 Å². The van der Waals surface area contributed by atoms with Crippen LogP contribution in [0, 0.1) is 10.1 Å². The topological polar surface area (TPSA) is 154 Å². The maximum absolute atomic E-state index is 13.0. The Morgan fingerprint density at radius 1 is 1.15 bits per heavy atom. The van der Waals surface area contributed by atoms with Gasteiger partial charge in [0, 0.05) is 4.88 Å². The van der Waals surface area contributed by atoms with E-state index in [-0.39, 0.29) is 34.3 Å². The fraction of sp³-hybridized carbons (Fsp3) is 0.360. The van der Waals surface area contributed by atoms with Crippen molar-refractivity contribution < 1.29 is 38.3 Å². The Bertz CT molecular complexity index is 1400. The number of thiophene rings is 1. The number of carbonyl (C=O) groups is 4. The molecule has 0 unspecified atom stereocenters. The van der Waals surface area contributed by atoms with Crippen LogP contribution in [0.5, 0.6) is 11.5 Å². The number of ether oxygens (including phenoxy) is 3. The molecular weight excluding hydrogens is 550 g/mol. The second-order valence-corrected chi connectivity index (χ2v) is 10.6. The minimum absolute atomic E-state index is 0.0239. The molecule has 4 rings (SSSR count). The van der Waals surface area contributed by atoms with Gasteiger partial charge in [-0.25, -0.2) is 4.79 Å². The van der Waals surface area contributed by atoms with E-state index in [9.17, 15) is 29.3 Å². The Morgan fingerprint density at radius 3 is 2.51 bits per heavy atom. The minimum Gasteiger partial charge on any atom is -0.493 e. The summed E-state index contributed by atoms with van der Waals surface area (Å²) in [5.41, 5.74) is 0.853. The highest BCUT2D eigenvalue weighted by atomic mass is 32.2. The van der Waals surface area contributed by atoms with Crippen LogP contribution in [-0.4, -0.2) is 60.2 Å². The lowest BCUT2D eigenvalue weighted by Gasteiger charge is -2.13. The number of esters is 1. The van der Waals surface area contributed by atoms with E-state index in [1.54, 1.807) is 6.92 Å². The van der Waals surface area contributed by atoms with Crippen LogP contribution < -0.4 is 14.8 Å². The average molecular weight is 576 g/mol. The highest BCUT2D eigenvalue weighted by Gasteiger charge is 2.37. The predicted molar refractivity (Wildman–Crippen MR) is 144 cm³/mol. The molecule has 1 aliphatic heterocycles. The number of imide groups is 1. The first-order chi connectivity index (χ1) is 18.7. The highest BCUT2D eigenvalue weighted by molar-refractivity contribution is 8.18. The Hall–Kier alpha value is -3.91. The van der Waals surface area contributed by atoms with Gasteiger partial charge in [-0.3, -0.25) is 29.4 Å². The van der Waals surface area contributed by atoms with Gasteiger partial charge in [0.2, 0.25) is 5.91 Å². The number of hydrogen-bond donors (Lipinski definition) is 1. The minimum atomic E-state index is -0.777. The lowest BCUT2D eigenvalue weighted by Crippen LogP contribution is -2.36. The van der Waals surface area contributed by atoms with Crippen LogP contribution in [0.4, 0.5) is 15.5 Å². The molecule has 3 amide bonds. The van der Waals surface area contributed by atoms with Crippen molar-refractivity contribution in [3.8, 4) is 11.5 Å². The third kappa shape index (κ3) is 5.76.